The molecule has 0 amide bonds. The average Bonchev–Trinajstić information content (AvgIpc) is 2.34. The van der Waals surface area contributed by atoms with E-state index in [0.29, 0.717) is 11.7 Å². The van der Waals surface area contributed by atoms with E-state index in [0.717, 1.165) is 0 Å². The van der Waals surface area contributed by atoms with E-state index >= 15 is 0 Å². The van der Waals surface area contributed by atoms with Gasteiger partial charge < -0.3 is 21.2 Å². The first-order valence-electron chi connectivity index (χ1n) is 2.93. The van der Waals surface area contributed by atoms with E-state index in [2.05, 4.69) is 22.5 Å². The van der Waals surface area contributed by atoms with Gasteiger partial charge in [-0.3, -0.25) is 0 Å². The highest BCUT2D eigenvalue weighted by Gasteiger charge is 2.00. The number of hydrogen-bond donors (Lipinski definition) is 3. The SMILES string of the molecule is Cl.NCc1nc(NC(N)=S)co1. The number of aromatic nitrogens is 1. The van der Waals surface area contributed by atoms with Gasteiger partial charge in [0, 0.05) is 0 Å². The highest BCUT2D eigenvalue weighted by Crippen LogP contribution is 2.05. The first kappa shape index (κ1) is 11.2. The summed E-state index contributed by atoms with van der Waals surface area (Å²) in [4.78, 5) is 3.90. The van der Waals surface area contributed by atoms with Crippen LogP contribution in [0.3, 0.4) is 0 Å². The van der Waals surface area contributed by atoms with Crippen molar-refractivity contribution in [3.63, 3.8) is 0 Å². The summed E-state index contributed by atoms with van der Waals surface area (Å²) in [5.74, 6) is 0.932. The number of nitrogens with two attached hydrogens (primary N) is 2. The molecule has 1 rings (SSSR count). The second kappa shape index (κ2) is 4.91. The fourth-order valence-electron chi connectivity index (χ4n) is 0.588. The molecule has 0 saturated carbocycles. The summed E-state index contributed by atoms with van der Waals surface area (Å²) in [5.41, 5.74) is 10.4. The number of thiocarbonyl (C=S) groups is 1. The van der Waals surface area contributed by atoms with Crippen LogP contribution in [0.4, 0.5) is 5.82 Å². The van der Waals surface area contributed by atoms with E-state index in [1.165, 1.54) is 6.26 Å². The third-order valence-electron chi connectivity index (χ3n) is 0.978. The van der Waals surface area contributed by atoms with E-state index < -0.39 is 0 Å². The minimum absolute atomic E-state index is 0. The highest BCUT2D eigenvalue weighted by molar-refractivity contribution is 7.80. The van der Waals surface area contributed by atoms with Gasteiger partial charge in [0.25, 0.3) is 0 Å². The summed E-state index contributed by atoms with van der Waals surface area (Å²) in [6, 6.07) is 0. The van der Waals surface area contributed by atoms with Gasteiger partial charge >= 0.3 is 0 Å². The molecule has 1 heterocycles. The Hall–Kier alpha value is -0.850. The Morgan fingerprint density at radius 1 is 1.75 bits per heavy atom. The second-order valence-corrected chi connectivity index (χ2v) is 2.26. The number of nitrogens with one attached hydrogen (secondary N) is 1. The third kappa shape index (κ3) is 3.04. The van der Waals surface area contributed by atoms with E-state index in [1.807, 2.05) is 0 Å². The van der Waals surface area contributed by atoms with Gasteiger partial charge in [0.2, 0.25) is 5.89 Å². The van der Waals surface area contributed by atoms with Crippen molar-refractivity contribution >= 4 is 35.6 Å². The van der Waals surface area contributed by atoms with Crippen molar-refractivity contribution in [1.29, 1.82) is 0 Å². The van der Waals surface area contributed by atoms with Crippen LogP contribution in [-0.4, -0.2) is 10.1 Å². The van der Waals surface area contributed by atoms with Crippen LogP contribution in [0, 0.1) is 0 Å². The number of hydrogen-bond acceptors (Lipinski definition) is 4. The maximum absolute atomic E-state index is 5.25. The monoisotopic (exact) mass is 208 g/mol. The summed E-state index contributed by atoms with van der Waals surface area (Å²) in [6.45, 7) is 0.263. The summed E-state index contributed by atoms with van der Waals surface area (Å²) in [7, 11) is 0. The first-order chi connectivity index (χ1) is 5.22. The molecule has 5 nitrogen and oxygen atoms in total. The molecule has 0 aliphatic heterocycles. The lowest BCUT2D eigenvalue weighted by Crippen LogP contribution is -2.19. The maximum Gasteiger partial charge on any atom is 0.209 e. The van der Waals surface area contributed by atoms with Crippen molar-refractivity contribution in [3.05, 3.63) is 12.2 Å². The average molecular weight is 209 g/mol. The molecule has 7 heteroatoms. The van der Waals surface area contributed by atoms with Crippen LogP contribution in [0.25, 0.3) is 0 Å². The molecule has 0 spiro atoms. The third-order valence-corrected chi connectivity index (χ3v) is 1.08. The summed E-state index contributed by atoms with van der Waals surface area (Å²) in [6.07, 6.45) is 1.40. The first-order valence-corrected chi connectivity index (χ1v) is 3.34. The fraction of sp³-hybridized carbons (Fsp3) is 0.200. The smallest absolute Gasteiger partial charge is 0.209 e. The van der Waals surface area contributed by atoms with Gasteiger partial charge in [-0.2, -0.15) is 4.98 Å². The zero-order valence-corrected chi connectivity index (χ0v) is 7.74. The molecule has 0 radical (unpaired) electrons. The molecule has 0 fully saturated rings. The quantitative estimate of drug-likeness (QED) is 0.602. The topological polar surface area (TPSA) is 90.1 Å². The Morgan fingerprint density at radius 2 is 2.42 bits per heavy atom. The summed E-state index contributed by atoms with van der Waals surface area (Å²) in [5, 5.41) is 2.76. The fourth-order valence-corrected chi connectivity index (χ4v) is 0.693. The van der Waals surface area contributed by atoms with Gasteiger partial charge in [-0.15, -0.1) is 12.4 Å². The molecular weight excluding hydrogens is 200 g/mol. The summed E-state index contributed by atoms with van der Waals surface area (Å²) >= 11 is 4.58. The highest BCUT2D eigenvalue weighted by atomic mass is 35.5. The van der Waals surface area contributed by atoms with Crippen LogP contribution in [0.1, 0.15) is 5.89 Å². The van der Waals surface area contributed by atoms with E-state index in [9.17, 15) is 0 Å². The zero-order chi connectivity index (χ0) is 8.27. The molecule has 1 aromatic rings. The molecule has 0 aliphatic rings. The normalized spacial score (nSPS) is 8.75. The lowest BCUT2D eigenvalue weighted by Gasteiger charge is -1.94. The molecule has 0 aromatic carbocycles. The summed E-state index contributed by atoms with van der Waals surface area (Å²) < 4.78 is 4.90. The molecule has 0 bridgehead atoms. The van der Waals surface area contributed by atoms with Gasteiger partial charge in [0.1, 0.15) is 6.26 Å². The minimum atomic E-state index is 0. The van der Waals surface area contributed by atoms with Crippen molar-refractivity contribution in [1.82, 2.24) is 4.98 Å². The zero-order valence-electron chi connectivity index (χ0n) is 6.11. The number of oxazole rings is 1. The van der Waals surface area contributed by atoms with E-state index in [1.54, 1.807) is 0 Å². The molecule has 1 aromatic heterocycles. The Morgan fingerprint density at radius 3 is 2.83 bits per heavy atom. The van der Waals surface area contributed by atoms with Gasteiger partial charge in [-0.05, 0) is 12.2 Å². The lowest BCUT2D eigenvalue weighted by atomic mass is 10.7. The molecule has 0 aliphatic carbocycles. The van der Waals surface area contributed by atoms with E-state index in [-0.39, 0.29) is 24.1 Å². The van der Waals surface area contributed by atoms with Crippen LogP contribution in [0.15, 0.2) is 10.7 Å². The largest absolute Gasteiger partial charge is 0.445 e. The molecular formula is C5H9ClN4OS. The molecule has 0 unspecified atom stereocenters. The van der Waals surface area contributed by atoms with Crippen LogP contribution < -0.4 is 16.8 Å². The van der Waals surface area contributed by atoms with Crippen molar-refractivity contribution in [2.24, 2.45) is 11.5 Å². The predicted octanol–water partition coefficient (Wildman–Crippen LogP) is 0.211. The molecule has 0 saturated heterocycles. The van der Waals surface area contributed by atoms with E-state index in [4.69, 9.17) is 15.9 Å². The van der Waals surface area contributed by atoms with Gasteiger partial charge in [-0.25, -0.2) is 0 Å². The minimum Gasteiger partial charge on any atom is -0.445 e. The Kier molecular flexibility index (Phi) is 4.57. The van der Waals surface area contributed by atoms with Gasteiger partial charge in [-0.1, -0.05) is 0 Å². The van der Waals surface area contributed by atoms with Crippen molar-refractivity contribution in [3.8, 4) is 0 Å². The van der Waals surface area contributed by atoms with Gasteiger partial charge in [0.05, 0.1) is 6.54 Å². The lowest BCUT2D eigenvalue weighted by molar-refractivity contribution is 0.498. The Bertz CT molecular complexity index is 264. The predicted molar refractivity (Wildman–Crippen MR) is 52.1 cm³/mol. The number of anilines is 1. The molecule has 68 valence electrons. The van der Waals surface area contributed by atoms with Crippen molar-refractivity contribution in [2.75, 3.05) is 5.32 Å². The van der Waals surface area contributed by atoms with Crippen molar-refractivity contribution in [2.45, 2.75) is 6.54 Å². The second-order valence-electron chi connectivity index (χ2n) is 1.82. The van der Waals surface area contributed by atoms with Crippen molar-refractivity contribution < 1.29 is 4.42 Å². The van der Waals surface area contributed by atoms with Crippen LogP contribution in [0.5, 0.6) is 0 Å². The Labute approximate surface area is 80.9 Å². The Balaban J connectivity index is 0.00000121. The van der Waals surface area contributed by atoms with Crippen LogP contribution >= 0.6 is 24.6 Å². The maximum atomic E-state index is 5.25. The molecule has 5 N–H and O–H groups in total. The standard InChI is InChI=1S/C5H8N4OS.ClH/c6-1-4-8-3(2-10-4)9-5(7)11;/h2H,1,6H2,(H3,7,9,11);1H. The number of nitrogens with zero attached hydrogens (tertiary/aromatic N) is 1. The van der Waals surface area contributed by atoms with Gasteiger partial charge in [0.15, 0.2) is 10.9 Å². The molecule has 0 atom stereocenters. The van der Waals surface area contributed by atoms with Crippen LogP contribution in [-0.2, 0) is 6.54 Å². The molecule has 12 heavy (non-hydrogen) atoms. The van der Waals surface area contributed by atoms with Crippen LogP contribution in [0.2, 0.25) is 0 Å². The number of halogens is 1. The number of rotatable bonds is 2.